The Balaban J connectivity index is 3.52. The standard InChI is InChI=1S/C5H10O4P/c1-3-4-9-10(7)5(6)8-2/h3-4H2,1-2H3/q+1. The van der Waals surface area contributed by atoms with Crippen LogP contribution in [0.1, 0.15) is 13.3 Å². The molecule has 1 atom stereocenters. The van der Waals surface area contributed by atoms with E-state index in [1.807, 2.05) is 6.92 Å². The second kappa shape index (κ2) is 5.33. The van der Waals surface area contributed by atoms with Crippen molar-refractivity contribution in [1.82, 2.24) is 0 Å². The first-order chi connectivity index (χ1) is 4.72. The fraction of sp³-hybridized carbons (Fsp3) is 0.800. The normalized spacial score (nSPS) is 10.8. The molecule has 58 valence electrons. The third kappa shape index (κ3) is 3.54. The second-order valence-electron chi connectivity index (χ2n) is 1.56. The Bertz CT molecular complexity index is 134. The summed E-state index contributed by atoms with van der Waals surface area (Å²) < 4.78 is 19.3. The monoisotopic (exact) mass is 165 g/mol. The van der Waals surface area contributed by atoms with Gasteiger partial charge in [0.1, 0.15) is 6.61 Å². The fourth-order valence-corrected chi connectivity index (χ4v) is 0.904. The zero-order valence-corrected chi connectivity index (χ0v) is 6.89. The van der Waals surface area contributed by atoms with Crippen molar-refractivity contribution in [2.45, 2.75) is 13.3 Å². The van der Waals surface area contributed by atoms with Gasteiger partial charge >= 0.3 is 13.7 Å². The molecule has 1 unspecified atom stereocenters. The lowest BCUT2D eigenvalue weighted by Crippen LogP contribution is -1.93. The molecule has 0 amide bonds. The Morgan fingerprint density at radius 2 is 2.20 bits per heavy atom. The number of methoxy groups -OCH3 is 1. The summed E-state index contributed by atoms with van der Waals surface area (Å²) in [5, 5.41) is 0. The molecule has 0 saturated heterocycles. The molecule has 0 bridgehead atoms. The lowest BCUT2D eigenvalue weighted by molar-refractivity contribution is 0.191. The van der Waals surface area contributed by atoms with Crippen LogP contribution >= 0.6 is 8.03 Å². The van der Waals surface area contributed by atoms with E-state index in [0.29, 0.717) is 6.61 Å². The molecule has 0 fully saturated rings. The van der Waals surface area contributed by atoms with E-state index in [-0.39, 0.29) is 0 Å². The second-order valence-corrected chi connectivity index (χ2v) is 2.70. The van der Waals surface area contributed by atoms with Crippen molar-refractivity contribution in [3.05, 3.63) is 0 Å². The molecule has 10 heavy (non-hydrogen) atoms. The van der Waals surface area contributed by atoms with Gasteiger partial charge in [0, 0.05) is 0 Å². The van der Waals surface area contributed by atoms with E-state index in [1.165, 1.54) is 7.11 Å². The molecule has 4 nitrogen and oxygen atoms in total. The number of ether oxygens (including phenoxy) is 1. The smallest absolute Gasteiger partial charge is 0.429 e. The summed E-state index contributed by atoms with van der Waals surface area (Å²) in [7, 11) is -1.09. The molecule has 0 aromatic heterocycles. The number of rotatable bonds is 4. The van der Waals surface area contributed by atoms with Crippen molar-refractivity contribution in [3.63, 3.8) is 0 Å². The van der Waals surface area contributed by atoms with Crippen LogP contribution in [-0.4, -0.2) is 19.4 Å². The van der Waals surface area contributed by atoms with Crippen LogP contribution in [0.5, 0.6) is 0 Å². The summed E-state index contributed by atoms with van der Waals surface area (Å²) in [5.41, 5.74) is -0.802. The Morgan fingerprint density at radius 1 is 1.60 bits per heavy atom. The van der Waals surface area contributed by atoms with Crippen molar-refractivity contribution in [1.29, 1.82) is 0 Å². The molecule has 0 rings (SSSR count). The molecular formula is C5H10O4P+. The van der Waals surface area contributed by atoms with Crippen LogP contribution in [0.15, 0.2) is 0 Å². The topological polar surface area (TPSA) is 52.6 Å². The minimum absolute atomic E-state index is 0.324. The quantitative estimate of drug-likeness (QED) is 0.597. The van der Waals surface area contributed by atoms with E-state index in [4.69, 9.17) is 0 Å². The fourth-order valence-electron chi connectivity index (χ4n) is 0.301. The van der Waals surface area contributed by atoms with E-state index in [9.17, 15) is 9.36 Å². The van der Waals surface area contributed by atoms with Gasteiger partial charge in [0.15, 0.2) is 0 Å². The first-order valence-electron chi connectivity index (χ1n) is 2.90. The highest BCUT2D eigenvalue weighted by Crippen LogP contribution is 2.24. The largest absolute Gasteiger partial charge is 0.636 e. The van der Waals surface area contributed by atoms with Crippen LogP contribution in [0.4, 0.5) is 4.79 Å². The minimum Gasteiger partial charge on any atom is -0.429 e. The summed E-state index contributed by atoms with van der Waals surface area (Å²) in [5.74, 6) is 0. The minimum atomic E-state index is -2.26. The molecule has 5 heteroatoms. The molecule has 0 saturated carbocycles. The number of hydrogen-bond donors (Lipinski definition) is 0. The molecule has 0 aromatic carbocycles. The lowest BCUT2D eigenvalue weighted by atomic mass is 10.5. The lowest BCUT2D eigenvalue weighted by Gasteiger charge is -1.84. The van der Waals surface area contributed by atoms with Crippen molar-refractivity contribution in [3.8, 4) is 0 Å². The van der Waals surface area contributed by atoms with Gasteiger partial charge < -0.3 is 4.74 Å². The van der Waals surface area contributed by atoms with E-state index in [2.05, 4.69) is 9.26 Å². The number of carbonyl (C=O) groups is 1. The Morgan fingerprint density at radius 3 is 2.60 bits per heavy atom. The van der Waals surface area contributed by atoms with Crippen LogP contribution in [0, 0.1) is 0 Å². The van der Waals surface area contributed by atoms with Gasteiger partial charge in [-0.3, -0.25) is 0 Å². The van der Waals surface area contributed by atoms with Gasteiger partial charge in [-0.15, -0.1) is 4.52 Å². The van der Waals surface area contributed by atoms with Crippen molar-refractivity contribution < 1.29 is 18.6 Å². The average molecular weight is 165 g/mol. The molecule has 0 spiro atoms. The molecule has 0 N–H and O–H groups in total. The van der Waals surface area contributed by atoms with Gasteiger partial charge in [0.25, 0.3) is 0 Å². The van der Waals surface area contributed by atoms with Gasteiger partial charge in [0.05, 0.1) is 7.11 Å². The summed E-state index contributed by atoms with van der Waals surface area (Å²) >= 11 is 0. The first kappa shape index (κ1) is 9.53. The average Bonchev–Trinajstić information content (AvgIpc) is 1.98. The maximum Gasteiger partial charge on any atom is 0.636 e. The van der Waals surface area contributed by atoms with Gasteiger partial charge in [-0.2, -0.15) is 4.79 Å². The number of carbonyl (C=O) groups excluding carboxylic acids is 1. The molecule has 0 aliphatic rings. The molecule has 0 radical (unpaired) electrons. The SMILES string of the molecule is CCCO[P+](=O)C(=O)OC. The molecule has 0 heterocycles. The highest BCUT2D eigenvalue weighted by molar-refractivity contribution is 7.58. The van der Waals surface area contributed by atoms with E-state index in [1.54, 1.807) is 0 Å². The van der Waals surface area contributed by atoms with Gasteiger partial charge in [0.2, 0.25) is 0 Å². The molecule has 0 aliphatic carbocycles. The zero-order chi connectivity index (χ0) is 7.98. The molecule has 0 aromatic rings. The van der Waals surface area contributed by atoms with E-state index in [0.717, 1.165) is 6.42 Å². The van der Waals surface area contributed by atoms with Gasteiger partial charge in [-0.25, -0.2) is 0 Å². The maximum atomic E-state index is 10.6. The highest BCUT2D eigenvalue weighted by atomic mass is 31.1. The first-order valence-corrected chi connectivity index (χ1v) is 4.08. The van der Waals surface area contributed by atoms with E-state index >= 15 is 0 Å². The summed E-state index contributed by atoms with van der Waals surface area (Å²) in [6.07, 6.45) is 0.734. The Labute approximate surface area is 60.4 Å². The summed E-state index contributed by atoms with van der Waals surface area (Å²) in [6, 6.07) is 0. The van der Waals surface area contributed by atoms with Crippen LogP contribution in [0.25, 0.3) is 0 Å². The number of hydrogen-bond acceptors (Lipinski definition) is 4. The predicted molar refractivity (Wildman–Crippen MR) is 36.3 cm³/mol. The van der Waals surface area contributed by atoms with Gasteiger partial charge in [-0.05, 0) is 11.0 Å². The summed E-state index contributed by atoms with van der Waals surface area (Å²) in [4.78, 5) is 10.4. The van der Waals surface area contributed by atoms with E-state index < -0.39 is 13.7 Å². The molecule has 0 aliphatic heterocycles. The van der Waals surface area contributed by atoms with Crippen molar-refractivity contribution in [2.75, 3.05) is 13.7 Å². The maximum absolute atomic E-state index is 10.6. The van der Waals surface area contributed by atoms with Crippen LogP contribution in [0.2, 0.25) is 0 Å². The third-order valence-corrected chi connectivity index (χ3v) is 1.63. The van der Waals surface area contributed by atoms with Crippen LogP contribution < -0.4 is 0 Å². The Kier molecular flexibility index (Phi) is 5.08. The van der Waals surface area contributed by atoms with Crippen molar-refractivity contribution in [2.24, 2.45) is 0 Å². The predicted octanol–water partition coefficient (Wildman–Crippen LogP) is 1.92. The zero-order valence-electron chi connectivity index (χ0n) is 5.99. The third-order valence-electron chi connectivity index (χ3n) is 0.736. The van der Waals surface area contributed by atoms with Crippen LogP contribution in [-0.2, 0) is 13.8 Å². The van der Waals surface area contributed by atoms with Crippen LogP contribution in [0.3, 0.4) is 0 Å². The van der Waals surface area contributed by atoms with Crippen molar-refractivity contribution >= 4 is 13.7 Å². The Hall–Kier alpha value is -0.470. The highest BCUT2D eigenvalue weighted by Gasteiger charge is 2.32. The molecular weight excluding hydrogens is 155 g/mol. The summed E-state index contributed by atoms with van der Waals surface area (Å²) in [6.45, 7) is 2.19. The van der Waals surface area contributed by atoms with Gasteiger partial charge in [-0.1, -0.05) is 6.92 Å².